The van der Waals surface area contributed by atoms with Crippen molar-refractivity contribution < 1.29 is 14.5 Å². The first-order valence-electron chi connectivity index (χ1n) is 6.19. The Morgan fingerprint density at radius 3 is 2.19 bits per heavy atom. The highest BCUT2D eigenvalue weighted by Gasteiger charge is 2.00. The number of esters is 1. The topological polar surface area (TPSA) is 95.5 Å². The molecule has 0 atom stereocenters. The molecule has 0 fully saturated rings. The molecule has 2 aromatic carbocycles. The van der Waals surface area contributed by atoms with Gasteiger partial charge in [0.1, 0.15) is 5.75 Å². The second kappa shape index (κ2) is 8.44. The van der Waals surface area contributed by atoms with E-state index in [1.807, 2.05) is 13.0 Å². The second-order valence-corrected chi connectivity index (χ2v) is 4.08. The maximum absolute atomic E-state index is 10.6. The number of para-hydroxylation sites is 1. The van der Waals surface area contributed by atoms with Gasteiger partial charge < -0.3 is 10.5 Å². The van der Waals surface area contributed by atoms with Crippen molar-refractivity contribution >= 4 is 11.7 Å². The van der Waals surface area contributed by atoms with Crippen LogP contribution in [0.5, 0.6) is 5.75 Å². The predicted molar refractivity (Wildman–Crippen MR) is 79.0 cm³/mol. The van der Waals surface area contributed by atoms with E-state index in [4.69, 9.17) is 10.5 Å². The van der Waals surface area contributed by atoms with Gasteiger partial charge in [0, 0.05) is 12.1 Å². The second-order valence-electron chi connectivity index (χ2n) is 4.08. The predicted octanol–water partition coefficient (Wildman–Crippen LogP) is 2.45. The molecule has 2 aromatic rings. The molecule has 2 rings (SSSR count). The third-order valence-corrected chi connectivity index (χ3v) is 2.39. The normalized spacial score (nSPS) is 9.24. The van der Waals surface area contributed by atoms with E-state index in [-0.39, 0.29) is 12.2 Å². The first-order chi connectivity index (χ1) is 10.0. The highest BCUT2D eigenvalue weighted by molar-refractivity contribution is 5.74. The van der Waals surface area contributed by atoms with Gasteiger partial charge in [-0.15, -0.1) is 0 Å². The largest absolute Gasteiger partial charge is 0.426 e. The molecule has 0 amide bonds. The molecular formula is C15H16N2O4. The number of hydrogen-bond acceptors (Lipinski definition) is 5. The lowest BCUT2D eigenvalue weighted by atomic mass is 10.2. The van der Waals surface area contributed by atoms with Gasteiger partial charge in [0.2, 0.25) is 0 Å². The van der Waals surface area contributed by atoms with E-state index in [2.05, 4.69) is 0 Å². The number of benzene rings is 2. The van der Waals surface area contributed by atoms with Gasteiger partial charge in [-0.3, -0.25) is 14.9 Å². The first-order valence-corrected chi connectivity index (χ1v) is 6.19. The van der Waals surface area contributed by atoms with E-state index in [1.54, 1.807) is 36.4 Å². The molecule has 0 bridgehead atoms. The van der Waals surface area contributed by atoms with Crippen molar-refractivity contribution in [2.45, 2.75) is 6.92 Å². The zero-order valence-electron chi connectivity index (χ0n) is 11.6. The van der Waals surface area contributed by atoms with Gasteiger partial charge in [-0.1, -0.05) is 35.9 Å². The number of hydrogen-bond donors (Lipinski definition) is 1. The molecule has 0 aromatic heterocycles. The van der Waals surface area contributed by atoms with Crippen LogP contribution < -0.4 is 10.5 Å². The Morgan fingerprint density at radius 2 is 1.71 bits per heavy atom. The van der Waals surface area contributed by atoms with Crippen molar-refractivity contribution in [3.05, 3.63) is 70.3 Å². The molecule has 0 heterocycles. The van der Waals surface area contributed by atoms with Crippen LogP contribution in [0.1, 0.15) is 5.56 Å². The average Bonchev–Trinajstić information content (AvgIpc) is 2.49. The van der Waals surface area contributed by atoms with Crippen LogP contribution in [0.4, 0.5) is 5.69 Å². The van der Waals surface area contributed by atoms with Crippen LogP contribution in [0.25, 0.3) is 0 Å². The van der Waals surface area contributed by atoms with Crippen molar-refractivity contribution in [2.24, 2.45) is 5.73 Å². The van der Waals surface area contributed by atoms with E-state index in [0.717, 1.165) is 5.56 Å². The van der Waals surface area contributed by atoms with Gasteiger partial charge in [0.15, 0.2) is 0 Å². The van der Waals surface area contributed by atoms with Crippen LogP contribution in [0.3, 0.4) is 0 Å². The lowest BCUT2D eigenvalue weighted by Crippen LogP contribution is -2.19. The molecule has 6 heteroatoms. The lowest BCUT2D eigenvalue weighted by molar-refractivity contribution is -0.384. The van der Waals surface area contributed by atoms with Crippen LogP contribution in [0.15, 0.2) is 54.6 Å². The van der Waals surface area contributed by atoms with Crippen molar-refractivity contribution in [3.8, 4) is 5.75 Å². The lowest BCUT2D eigenvalue weighted by Gasteiger charge is -1.99. The molecule has 6 nitrogen and oxygen atoms in total. The maximum atomic E-state index is 10.6. The highest BCUT2D eigenvalue weighted by atomic mass is 16.6. The summed E-state index contributed by atoms with van der Waals surface area (Å²) < 4.78 is 4.80. The molecule has 2 N–H and O–H groups in total. The van der Waals surface area contributed by atoms with Gasteiger partial charge in [-0.2, -0.15) is 0 Å². The number of carbonyl (C=O) groups excluding carboxylic acids is 1. The Balaban J connectivity index is 0.000000211. The summed E-state index contributed by atoms with van der Waals surface area (Å²) >= 11 is 0. The standard InChI is InChI=1S/C8H9NO2.C7H7NO2/c9-6-8(10)11-7-4-2-1-3-5-7;1-6-2-4-7(5-3-6)8(9)10/h1-5H,6,9H2;2-5H,1H3. The number of ether oxygens (including phenoxy) is 1. The van der Waals surface area contributed by atoms with Crippen LogP contribution in [-0.4, -0.2) is 17.4 Å². The van der Waals surface area contributed by atoms with Crippen LogP contribution in [0, 0.1) is 17.0 Å². The Hall–Kier alpha value is -2.73. The fraction of sp³-hybridized carbons (Fsp3) is 0.133. The third kappa shape index (κ3) is 6.31. The summed E-state index contributed by atoms with van der Waals surface area (Å²) in [6, 6.07) is 15.3. The van der Waals surface area contributed by atoms with E-state index in [0.29, 0.717) is 5.75 Å². The number of rotatable bonds is 3. The summed E-state index contributed by atoms with van der Waals surface area (Å²) in [6.07, 6.45) is 0. The summed E-state index contributed by atoms with van der Waals surface area (Å²) in [5.74, 6) is 0.110. The number of nitrogens with zero attached hydrogens (tertiary/aromatic N) is 1. The maximum Gasteiger partial charge on any atom is 0.325 e. The Bertz CT molecular complexity index is 582. The minimum absolute atomic E-state index is 0.0884. The van der Waals surface area contributed by atoms with E-state index in [1.165, 1.54) is 12.1 Å². The zero-order chi connectivity index (χ0) is 15.7. The van der Waals surface area contributed by atoms with Crippen LogP contribution in [0.2, 0.25) is 0 Å². The SMILES string of the molecule is Cc1ccc([N+](=O)[O-])cc1.NCC(=O)Oc1ccccc1. The minimum Gasteiger partial charge on any atom is -0.426 e. The van der Waals surface area contributed by atoms with Crippen molar-refractivity contribution in [1.82, 2.24) is 0 Å². The highest BCUT2D eigenvalue weighted by Crippen LogP contribution is 2.10. The van der Waals surface area contributed by atoms with Crippen molar-refractivity contribution in [2.75, 3.05) is 6.54 Å². The molecule has 0 aliphatic heterocycles. The monoisotopic (exact) mass is 288 g/mol. The summed E-state index contributed by atoms with van der Waals surface area (Å²) in [4.78, 5) is 20.3. The Labute approximate surface area is 122 Å². The molecule has 0 aliphatic rings. The summed E-state index contributed by atoms with van der Waals surface area (Å²) in [7, 11) is 0. The van der Waals surface area contributed by atoms with Gasteiger partial charge in [-0.25, -0.2) is 0 Å². The van der Waals surface area contributed by atoms with Crippen LogP contribution >= 0.6 is 0 Å². The molecule has 0 aliphatic carbocycles. The summed E-state index contributed by atoms with van der Waals surface area (Å²) in [5.41, 5.74) is 6.22. The fourth-order valence-electron chi connectivity index (χ4n) is 1.33. The molecule has 0 spiro atoms. The number of non-ortho nitro benzene ring substituents is 1. The molecule has 0 saturated carbocycles. The van der Waals surface area contributed by atoms with Gasteiger partial charge in [0.25, 0.3) is 5.69 Å². The number of nitro benzene ring substituents is 1. The molecule has 21 heavy (non-hydrogen) atoms. The molecule has 0 radical (unpaired) electrons. The van der Waals surface area contributed by atoms with Crippen LogP contribution in [-0.2, 0) is 4.79 Å². The smallest absolute Gasteiger partial charge is 0.325 e. The van der Waals surface area contributed by atoms with E-state index >= 15 is 0 Å². The minimum atomic E-state index is -0.420. The average molecular weight is 288 g/mol. The van der Waals surface area contributed by atoms with Crippen molar-refractivity contribution in [3.63, 3.8) is 0 Å². The van der Waals surface area contributed by atoms with Crippen molar-refractivity contribution in [1.29, 1.82) is 0 Å². The quantitative estimate of drug-likeness (QED) is 0.405. The third-order valence-electron chi connectivity index (χ3n) is 2.39. The molecular weight excluding hydrogens is 272 g/mol. The van der Waals surface area contributed by atoms with E-state index < -0.39 is 10.9 Å². The van der Waals surface area contributed by atoms with Gasteiger partial charge >= 0.3 is 5.97 Å². The summed E-state index contributed by atoms with van der Waals surface area (Å²) in [6.45, 7) is 1.80. The summed E-state index contributed by atoms with van der Waals surface area (Å²) in [5, 5.41) is 10.1. The number of nitro groups is 1. The number of carbonyl (C=O) groups is 1. The number of nitrogens with two attached hydrogens (primary N) is 1. The first kappa shape index (κ1) is 16.3. The number of aryl methyl sites for hydroxylation is 1. The molecule has 0 saturated heterocycles. The zero-order valence-corrected chi connectivity index (χ0v) is 11.6. The van der Waals surface area contributed by atoms with Gasteiger partial charge in [0.05, 0.1) is 11.5 Å². The molecule has 0 unspecified atom stereocenters. The van der Waals surface area contributed by atoms with E-state index in [9.17, 15) is 14.9 Å². The fourth-order valence-corrected chi connectivity index (χ4v) is 1.33. The van der Waals surface area contributed by atoms with Gasteiger partial charge in [-0.05, 0) is 19.1 Å². The molecule has 110 valence electrons. The Kier molecular flexibility index (Phi) is 6.56. The Morgan fingerprint density at radius 1 is 1.14 bits per heavy atom.